The molecule has 7 heteroatoms. The van der Waals surface area contributed by atoms with Gasteiger partial charge in [0.1, 0.15) is 6.10 Å². The first-order valence-corrected chi connectivity index (χ1v) is 4.33. The van der Waals surface area contributed by atoms with Crippen LogP contribution in [0.25, 0.3) is 0 Å². The van der Waals surface area contributed by atoms with Gasteiger partial charge in [-0.15, -0.1) is 0 Å². The van der Waals surface area contributed by atoms with Crippen molar-refractivity contribution in [3.8, 4) is 0 Å². The molecule has 2 N–H and O–H groups in total. The second-order valence-corrected chi connectivity index (χ2v) is 3.20. The zero-order chi connectivity index (χ0) is 11.6. The monoisotopic (exact) mass is 217 g/mol. The molecule has 0 unspecified atom stereocenters. The zero-order valence-corrected chi connectivity index (χ0v) is 8.04. The molecule has 1 heterocycles. The Hall–Kier alpha value is -1.79. The highest BCUT2D eigenvalue weighted by molar-refractivity contribution is 5.81. The summed E-state index contributed by atoms with van der Waals surface area (Å²) in [5.74, 6) is -1.92. The quantitative estimate of drug-likeness (QED) is 0.618. The van der Waals surface area contributed by atoms with Gasteiger partial charge in [0.15, 0.2) is 6.04 Å². The predicted molar refractivity (Wildman–Crippen MR) is 46.3 cm³/mol. The Balaban J connectivity index is 2.79. The van der Waals surface area contributed by atoms with E-state index in [2.05, 4.69) is 0 Å². The molecule has 0 spiro atoms. The lowest BCUT2D eigenvalue weighted by Crippen LogP contribution is -2.45. The molecule has 7 nitrogen and oxygen atoms in total. The number of ether oxygens (including phenoxy) is 1. The van der Waals surface area contributed by atoms with Gasteiger partial charge < -0.3 is 14.9 Å². The lowest BCUT2D eigenvalue weighted by molar-refractivity contribution is -0.154. The summed E-state index contributed by atoms with van der Waals surface area (Å²) in [6.07, 6.45) is -2.00. The van der Waals surface area contributed by atoms with Gasteiger partial charge >= 0.3 is 18.0 Å². The van der Waals surface area contributed by atoms with Gasteiger partial charge in [0.2, 0.25) is 0 Å². The van der Waals surface area contributed by atoms with E-state index in [1.54, 1.807) is 0 Å². The summed E-state index contributed by atoms with van der Waals surface area (Å²) >= 11 is 0. The lowest BCUT2D eigenvalue weighted by atomic mass is 10.2. The summed E-state index contributed by atoms with van der Waals surface area (Å²) in [6, 6.07) is -1.30. The van der Waals surface area contributed by atoms with E-state index in [0.29, 0.717) is 0 Å². The van der Waals surface area contributed by atoms with Crippen LogP contribution in [0.15, 0.2) is 0 Å². The van der Waals surface area contributed by atoms with Crippen LogP contribution in [-0.4, -0.2) is 51.8 Å². The summed E-state index contributed by atoms with van der Waals surface area (Å²) in [5.41, 5.74) is 0. The fourth-order valence-corrected chi connectivity index (χ4v) is 1.61. The maximum absolute atomic E-state index is 10.8. The van der Waals surface area contributed by atoms with Crippen molar-refractivity contribution < 1.29 is 29.3 Å². The lowest BCUT2D eigenvalue weighted by Gasteiger charge is -2.21. The van der Waals surface area contributed by atoms with Crippen LogP contribution >= 0.6 is 0 Å². The first-order chi connectivity index (χ1) is 6.93. The SMILES string of the molecule is CC(=O)O[C@@H]1CCN(C(=O)O)[C@@H]1C(=O)O. The number of hydrogen-bond donors (Lipinski definition) is 2. The van der Waals surface area contributed by atoms with Gasteiger partial charge in [-0.25, -0.2) is 9.59 Å². The number of carbonyl (C=O) groups excluding carboxylic acids is 1. The van der Waals surface area contributed by atoms with Gasteiger partial charge in [0.25, 0.3) is 0 Å². The summed E-state index contributed by atoms with van der Waals surface area (Å²) < 4.78 is 4.74. The maximum atomic E-state index is 10.8. The molecule has 2 atom stereocenters. The molecule has 0 bridgehead atoms. The molecular weight excluding hydrogens is 206 g/mol. The second-order valence-electron chi connectivity index (χ2n) is 3.20. The number of esters is 1. The molecule has 0 aromatic heterocycles. The Bertz CT molecular complexity index is 302. The molecule has 0 saturated carbocycles. The van der Waals surface area contributed by atoms with Crippen LogP contribution in [0.3, 0.4) is 0 Å². The summed E-state index contributed by atoms with van der Waals surface area (Å²) in [6.45, 7) is 1.21. The minimum absolute atomic E-state index is 0.0598. The summed E-state index contributed by atoms with van der Waals surface area (Å²) in [7, 11) is 0. The molecule has 1 rings (SSSR count). The van der Waals surface area contributed by atoms with Crippen molar-refractivity contribution >= 4 is 18.0 Å². The van der Waals surface area contributed by atoms with Gasteiger partial charge in [-0.1, -0.05) is 0 Å². The molecule has 1 amide bonds. The number of carboxylic acid groups (broad SMARTS) is 2. The van der Waals surface area contributed by atoms with Crippen molar-refractivity contribution in [3.63, 3.8) is 0 Å². The highest BCUT2D eigenvalue weighted by Gasteiger charge is 2.44. The van der Waals surface area contributed by atoms with Crippen molar-refractivity contribution in [2.45, 2.75) is 25.5 Å². The normalized spacial score (nSPS) is 25.0. The summed E-state index contributed by atoms with van der Waals surface area (Å²) in [5, 5.41) is 17.5. The first kappa shape index (κ1) is 11.3. The van der Waals surface area contributed by atoms with Gasteiger partial charge in [-0.2, -0.15) is 0 Å². The van der Waals surface area contributed by atoms with Crippen molar-refractivity contribution in [2.75, 3.05) is 6.54 Å². The van der Waals surface area contributed by atoms with Crippen LogP contribution in [0.4, 0.5) is 4.79 Å². The second kappa shape index (κ2) is 4.16. The van der Waals surface area contributed by atoms with E-state index in [1.807, 2.05) is 0 Å². The van der Waals surface area contributed by atoms with Crippen LogP contribution in [0, 0.1) is 0 Å². The van der Waals surface area contributed by atoms with Crippen LogP contribution in [0.2, 0.25) is 0 Å². The fourth-order valence-electron chi connectivity index (χ4n) is 1.61. The number of amides is 1. The molecule has 0 radical (unpaired) electrons. The third-order valence-electron chi connectivity index (χ3n) is 2.16. The Morgan fingerprint density at radius 3 is 2.33 bits per heavy atom. The fraction of sp³-hybridized carbons (Fsp3) is 0.625. The number of aliphatic carboxylic acids is 1. The number of likely N-dealkylation sites (tertiary alicyclic amines) is 1. The molecule has 0 aliphatic carbocycles. The number of hydrogen-bond acceptors (Lipinski definition) is 4. The van der Waals surface area contributed by atoms with Crippen molar-refractivity contribution in [3.05, 3.63) is 0 Å². The third kappa shape index (κ3) is 2.36. The topological polar surface area (TPSA) is 104 Å². The van der Waals surface area contributed by atoms with Crippen LogP contribution in [-0.2, 0) is 14.3 Å². The molecule has 1 fully saturated rings. The van der Waals surface area contributed by atoms with Crippen molar-refractivity contribution in [1.82, 2.24) is 4.90 Å². The van der Waals surface area contributed by atoms with Crippen molar-refractivity contribution in [2.24, 2.45) is 0 Å². The van der Waals surface area contributed by atoms with Gasteiger partial charge in [0, 0.05) is 19.9 Å². The van der Waals surface area contributed by atoms with Gasteiger partial charge in [0.05, 0.1) is 0 Å². The minimum atomic E-state index is -1.32. The Labute approximate surface area is 85.2 Å². The third-order valence-corrected chi connectivity index (χ3v) is 2.16. The molecule has 15 heavy (non-hydrogen) atoms. The van der Waals surface area contributed by atoms with Crippen LogP contribution < -0.4 is 0 Å². The van der Waals surface area contributed by atoms with Crippen molar-refractivity contribution in [1.29, 1.82) is 0 Å². The Morgan fingerprint density at radius 1 is 1.33 bits per heavy atom. The van der Waals surface area contributed by atoms with E-state index >= 15 is 0 Å². The number of carbonyl (C=O) groups is 3. The van der Waals surface area contributed by atoms with E-state index in [4.69, 9.17) is 14.9 Å². The van der Waals surface area contributed by atoms with E-state index in [-0.39, 0.29) is 13.0 Å². The average Bonchev–Trinajstić information content (AvgIpc) is 2.46. The van der Waals surface area contributed by atoms with E-state index in [9.17, 15) is 14.4 Å². The number of rotatable bonds is 2. The average molecular weight is 217 g/mol. The Morgan fingerprint density at radius 2 is 1.93 bits per heavy atom. The molecular formula is C8H11NO6. The molecule has 1 saturated heterocycles. The Kier molecular flexibility index (Phi) is 3.13. The highest BCUT2D eigenvalue weighted by Crippen LogP contribution is 2.21. The molecule has 84 valence electrons. The van der Waals surface area contributed by atoms with E-state index in [0.717, 1.165) is 11.8 Å². The van der Waals surface area contributed by atoms with Gasteiger partial charge in [-0.05, 0) is 0 Å². The van der Waals surface area contributed by atoms with Gasteiger partial charge in [-0.3, -0.25) is 9.69 Å². The molecule has 0 aromatic rings. The standard InChI is InChI=1S/C8H11NO6/c1-4(10)15-5-2-3-9(8(13)14)6(5)7(11)12/h5-6H,2-3H2,1H3,(H,11,12)(H,13,14)/t5-,6+/m1/s1. The van der Waals surface area contributed by atoms with E-state index < -0.39 is 30.2 Å². The number of nitrogens with zero attached hydrogens (tertiary/aromatic N) is 1. The number of carboxylic acids is 1. The van der Waals surface area contributed by atoms with Crippen LogP contribution in [0.5, 0.6) is 0 Å². The maximum Gasteiger partial charge on any atom is 0.408 e. The smallest absolute Gasteiger partial charge is 0.408 e. The molecule has 1 aliphatic rings. The minimum Gasteiger partial charge on any atom is -0.480 e. The first-order valence-electron chi connectivity index (χ1n) is 4.33. The molecule has 0 aromatic carbocycles. The van der Waals surface area contributed by atoms with Crippen LogP contribution in [0.1, 0.15) is 13.3 Å². The van der Waals surface area contributed by atoms with E-state index in [1.165, 1.54) is 0 Å². The highest BCUT2D eigenvalue weighted by atomic mass is 16.5. The summed E-state index contributed by atoms with van der Waals surface area (Å²) in [4.78, 5) is 32.9. The predicted octanol–water partition coefficient (Wildman–Crippen LogP) is -0.245. The zero-order valence-electron chi connectivity index (χ0n) is 8.04. The molecule has 1 aliphatic heterocycles. The largest absolute Gasteiger partial charge is 0.480 e.